The summed E-state index contributed by atoms with van der Waals surface area (Å²) in [7, 11) is 3.60. The molecule has 0 unspecified atom stereocenters. The van der Waals surface area contributed by atoms with Crippen molar-refractivity contribution in [1.82, 2.24) is 15.1 Å². The molecule has 1 aliphatic carbocycles. The Hall–Kier alpha value is -1.16. The maximum Gasteiger partial charge on any atom is 0.194 e. The van der Waals surface area contributed by atoms with Crippen LogP contribution >= 0.6 is 0 Å². The zero-order chi connectivity index (χ0) is 10.1. The van der Waals surface area contributed by atoms with E-state index >= 15 is 0 Å². The van der Waals surface area contributed by atoms with Gasteiger partial charge in [-0.25, -0.2) is 0 Å². The molecule has 0 amide bonds. The van der Waals surface area contributed by atoms with Crippen LogP contribution in [0.1, 0.15) is 34.9 Å². The Morgan fingerprint density at radius 2 is 2.43 bits per heavy atom. The van der Waals surface area contributed by atoms with Gasteiger partial charge in [-0.15, -0.1) is 0 Å². The van der Waals surface area contributed by atoms with E-state index in [2.05, 4.69) is 10.4 Å². The van der Waals surface area contributed by atoms with Crippen molar-refractivity contribution in [3.63, 3.8) is 0 Å². The number of nitrogens with one attached hydrogen (secondary N) is 1. The van der Waals surface area contributed by atoms with E-state index in [1.165, 1.54) is 12.8 Å². The largest absolute Gasteiger partial charge is 0.313 e. The number of aromatic nitrogens is 2. The summed E-state index contributed by atoms with van der Waals surface area (Å²) in [5, 5.41) is 7.20. The van der Waals surface area contributed by atoms with Gasteiger partial charge >= 0.3 is 0 Å². The molecule has 1 saturated carbocycles. The standard InChI is InChI=1S/C10H15N3O/c1-11-6-10(14)9-5-8(7-3-4-7)12-13(9)2/h5,7,11H,3-4,6H2,1-2H3. The topological polar surface area (TPSA) is 46.9 Å². The second-order valence-electron chi connectivity index (χ2n) is 3.81. The zero-order valence-electron chi connectivity index (χ0n) is 8.58. The number of hydrogen-bond donors (Lipinski definition) is 1. The highest BCUT2D eigenvalue weighted by Gasteiger charge is 2.27. The minimum atomic E-state index is 0.106. The molecule has 1 heterocycles. The summed E-state index contributed by atoms with van der Waals surface area (Å²) in [6, 6.07) is 1.93. The summed E-state index contributed by atoms with van der Waals surface area (Å²) >= 11 is 0. The zero-order valence-corrected chi connectivity index (χ0v) is 8.58. The van der Waals surface area contributed by atoms with Gasteiger partial charge in [0.15, 0.2) is 5.78 Å². The first-order chi connectivity index (χ1) is 6.72. The number of nitrogens with zero attached hydrogens (tertiary/aromatic N) is 2. The number of Topliss-reactive ketones (excluding diaryl/α,β-unsaturated/α-hetero) is 1. The van der Waals surface area contributed by atoms with Crippen LogP contribution in [0.4, 0.5) is 0 Å². The molecule has 2 rings (SSSR count). The van der Waals surface area contributed by atoms with E-state index in [0.717, 1.165) is 5.69 Å². The smallest absolute Gasteiger partial charge is 0.194 e. The van der Waals surface area contributed by atoms with Gasteiger partial charge in [-0.3, -0.25) is 9.48 Å². The number of carbonyl (C=O) groups excluding carboxylic acids is 1. The summed E-state index contributed by atoms with van der Waals surface area (Å²) in [5.41, 5.74) is 1.79. The van der Waals surface area contributed by atoms with E-state index in [1.54, 1.807) is 11.7 Å². The van der Waals surface area contributed by atoms with Crippen molar-refractivity contribution in [2.24, 2.45) is 7.05 Å². The minimum absolute atomic E-state index is 0.106. The van der Waals surface area contributed by atoms with E-state index in [9.17, 15) is 4.79 Å². The van der Waals surface area contributed by atoms with Gasteiger partial charge in [0.2, 0.25) is 0 Å². The monoisotopic (exact) mass is 193 g/mol. The van der Waals surface area contributed by atoms with Gasteiger partial charge in [0.1, 0.15) is 5.69 Å². The van der Waals surface area contributed by atoms with Crippen LogP contribution in [-0.2, 0) is 7.05 Å². The molecular formula is C10H15N3O. The molecule has 0 bridgehead atoms. The molecule has 1 fully saturated rings. The van der Waals surface area contributed by atoms with Crippen LogP contribution in [0.25, 0.3) is 0 Å². The highest BCUT2D eigenvalue weighted by atomic mass is 16.1. The number of aryl methyl sites for hydroxylation is 1. The van der Waals surface area contributed by atoms with Gasteiger partial charge < -0.3 is 5.32 Å². The lowest BCUT2D eigenvalue weighted by molar-refractivity contribution is 0.0984. The third kappa shape index (κ3) is 1.70. The highest BCUT2D eigenvalue weighted by Crippen LogP contribution is 2.39. The lowest BCUT2D eigenvalue weighted by Crippen LogP contribution is -2.20. The molecule has 0 radical (unpaired) electrons. The van der Waals surface area contributed by atoms with Crippen LogP contribution in [0, 0.1) is 0 Å². The quantitative estimate of drug-likeness (QED) is 0.716. The Morgan fingerprint density at radius 3 is 3.00 bits per heavy atom. The second-order valence-corrected chi connectivity index (χ2v) is 3.81. The number of hydrogen-bond acceptors (Lipinski definition) is 3. The first kappa shape index (κ1) is 9.40. The fraction of sp³-hybridized carbons (Fsp3) is 0.600. The summed E-state index contributed by atoms with van der Waals surface area (Å²) in [4.78, 5) is 11.6. The molecule has 14 heavy (non-hydrogen) atoms. The molecule has 0 aromatic carbocycles. The maximum atomic E-state index is 11.6. The molecule has 4 heteroatoms. The fourth-order valence-corrected chi connectivity index (χ4v) is 1.58. The normalized spacial score (nSPS) is 15.9. The van der Waals surface area contributed by atoms with Crippen LogP contribution in [0.3, 0.4) is 0 Å². The Morgan fingerprint density at radius 1 is 1.71 bits per heavy atom. The number of likely N-dealkylation sites (N-methyl/N-ethyl adjacent to an activating group) is 1. The Balaban J connectivity index is 2.19. The number of ketones is 1. The van der Waals surface area contributed by atoms with Crippen LogP contribution in [-0.4, -0.2) is 29.2 Å². The number of rotatable bonds is 4. The third-order valence-electron chi connectivity index (χ3n) is 2.52. The summed E-state index contributed by atoms with van der Waals surface area (Å²) in [6.45, 7) is 0.379. The van der Waals surface area contributed by atoms with Crippen LogP contribution < -0.4 is 5.32 Å². The lowest BCUT2D eigenvalue weighted by Gasteiger charge is -1.98. The molecular weight excluding hydrogens is 178 g/mol. The van der Waals surface area contributed by atoms with E-state index < -0.39 is 0 Å². The maximum absolute atomic E-state index is 11.6. The van der Waals surface area contributed by atoms with E-state index in [1.807, 2.05) is 13.1 Å². The van der Waals surface area contributed by atoms with Gasteiger partial charge in [-0.2, -0.15) is 5.10 Å². The molecule has 0 saturated heterocycles. The van der Waals surface area contributed by atoms with Crippen LogP contribution in [0.2, 0.25) is 0 Å². The molecule has 1 aromatic heterocycles. The van der Waals surface area contributed by atoms with Gasteiger partial charge in [0.25, 0.3) is 0 Å². The van der Waals surface area contributed by atoms with Crippen molar-refractivity contribution in [3.05, 3.63) is 17.5 Å². The molecule has 76 valence electrons. The Labute approximate surface area is 83.3 Å². The Kier molecular flexibility index (Phi) is 2.37. The van der Waals surface area contributed by atoms with E-state index in [0.29, 0.717) is 18.2 Å². The first-order valence-corrected chi connectivity index (χ1v) is 4.94. The highest BCUT2D eigenvalue weighted by molar-refractivity contribution is 5.96. The summed E-state index contributed by atoms with van der Waals surface area (Å²) < 4.78 is 1.69. The average Bonchev–Trinajstić information content (AvgIpc) is 2.91. The molecule has 1 N–H and O–H groups in total. The molecule has 0 aliphatic heterocycles. The molecule has 4 nitrogen and oxygen atoms in total. The van der Waals surface area contributed by atoms with Gasteiger partial charge in [0, 0.05) is 13.0 Å². The van der Waals surface area contributed by atoms with E-state index in [-0.39, 0.29) is 5.78 Å². The third-order valence-corrected chi connectivity index (χ3v) is 2.52. The predicted molar refractivity (Wildman–Crippen MR) is 53.4 cm³/mol. The van der Waals surface area contributed by atoms with Crippen molar-refractivity contribution < 1.29 is 4.79 Å². The summed E-state index contributed by atoms with van der Waals surface area (Å²) in [5.74, 6) is 0.715. The molecule has 0 spiro atoms. The fourth-order valence-electron chi connectivity index (χ4n) is 1.58. The van der Waals surface area contributed by atoms with Crippen molar-refractivity contribution in [3.8, 4) is 0 Å². The lowest BCUT2D eigenvalue weighted by atomic mass is 10.2. The average molecular weight is 193 g/mol. The predicted octanol–water partition coefficient (Wildman–Crippen LogP) is 0.700. The Bertz CT molecular complexity index is 352. The summed E-state index contributed by atoms with van der Waals surface area (Å²) in [6.07, 6.45) is 2.44. The second kappa shape index (κ2) is 3.53. The SMILES string of the molecule is CNCC(=O)c1cc(C2CC2)nn1C. The van der Waals surface area contributed by atoms with Crippen molar-refractivity contribution >= 4 is 5.78 Å². The van der Waals surface area contributed by atoms with Crippen LogP contribution in [0.15, 0.2) is 6.07 Å². The molecule has 1 aromatic rings. The van der Waals surface area contributed by atoms with Gasteiger partial charge in [-0.1, -0.05) is 0 Å². The van der Waals surface area contributed by atoms with Gasteiger partial charge in [-0.05, 0) is 26.0 Å². The molecule has 0 atom stereocenters. The van der Waals surface area contributed by atoms with E-state index in [4.69, 9.17) is 0 Å². The minimum Gasteiger partial charge on any atom is -0.313 e. The van der Waals surface area contributed by atoms with Crippen LogP contribution in [0.5, 0.6) is 0 Å². The number of carbonyl (C=O) groups is 1. The molecule has 1 aliphatic rings. The van der Waals surface area contributed by atoms with Gasteiger partial charge in [0.05, 0.1) is 12.2 Å². The van der Waals surface area contributed by atoms with Crippen molar-refractivity contribution in [2.45, 2.75) is 18.8 Å². The van der Waals surface area contributed by atoms with Crippen molar-refractivity contribution in [2.75, 3.05) is 13.6 Å². The first-order valence-electron chi connectivity index (χ1n) is 4.94. The van der Waals surface area contributed by atoms with Crippen molar-refractivity contribution in [1.29, 1.82) is 0 Å².